The van der Waals surface area contributed by atoms with Crippen molar-refractivity contribution in [3.8, 4) is 0 Å². The van der Waals surface area contributed by atoms with Crippen LogP contribution in [-0.4, -0.2) is 168 Å². The van der Waals surface area contributed by atoms with E-state index in [9.17, 15) is 24.0 Å². The van der Waals surface area contributed by atoms with Crippen molar-refractivity contribution < 1.29 is 66.9 Å². The molecule has 11 nitrogen and oxygen atoms in total. The molecule has 5 aromatic rings. The lowest BCUT2D eigenvalue weighted by molar-refractivity contribution is -0.919. The van der Waals surface area contributed by atoms with E-state index in [2.05, 4.69) is 287 Å². The minimum Gasteiger partial charge on any atom is -1.00 e. The molecule has 0 aliphatic carbocycles. The van der Waals surface area contributed by atoms with Crippen LogP contribution in [0.1, 0.15) is 293 Å². The number of ketones is 4. The van der Waals surface area contributed by atoms with Crippen LogP contribution in [0, 0.1) is 69.2 Å². The van der Waals surface area contributed by atoms with Gasteiger partial charge in [0.05, 0.1) is 57.9 Å². The van der Waals surface area contributed by atoms with E-state index in [0.29, 0.717) is 68.5 Å². The van der Waals surface area contributed by atoms with Crippen molar-refractivity contribution in [3.05, 3.63) is 164 Å². The number of likely N-dealkylation sites (N-methyl/N-ethyl adjacent to an activating group) is 3. The van der Waals surface area contributed by atoms with Crippen LogP contribution in [0.2, 0.25) is 0 Å². The SMILES string of the molecule is BrCCCCCCCCBr.CCCN(CC)CC(=O)Cc1c(C)ccc(Br)c1C.CCC[N+](CC)(CCCCCCCCBr)CC(=O)Cc1c(C)ccc(Br)c1C.CCC[N+](CC)(CCCCCCCCN1CCCCC1C(=O)Nc1c(C)cccc1C)CC(=O)Cc1c(C)ccc(Br)c1C.Cc1cccc(C)c1CC(=O)C1CCCCN1.[Br-].[Br-]. The summed E-state index contributed by atoms with van der Waals surface area (Å²) in [6.07, 6.45) is 35.6. The number of unbranched alkanes of at least 4 members (excludes halogenated alkanes) is 15. The third-order valence-corrected chi connectivity index (χ3v) is 29.0. The number of piperidine rings is 2. The van der Waals surface area contributed by atoms with Gasteiger partial charge in [0.25, 0.3) is 0 Å². The molecule has 2 aliphatic rings. The van der Waals surface area contributed by atoms with E-state index in [0.717, 1.165) is 161 Å². The average Bonchev–Trinajstić information content (AvgIpc) is 0.838. The number of alkyl halides is 3. The topological polar surface area (TPSA) is 116 Å². The van der Waals surface area contributed by atoms with Crippen LogP contribution in [0.15, 0.2) is 86.2 Å². The zero-order chi connectivity index (χ0) is 87.4. The van der Waals surface area contributed by atoms with Crippen LogP contribution < -0.4 is 44.6 Å². The third-order valence-electron chi connectivity index (χ3n) is 24.8. The van der Waals surface area contributed by atoms with Crippen LogP contribution in [-0.2, 0) is 49.7 Å². The molecule has 120 heavy (non-hydrogen) atoms. The van der Waals surface area contributed by atoms with Gasteiger partial charge >= 0.3 is 0 Å². The number of aryl methyl sites for hydroxylation is 7. The van der Waals surface area contributed by atoms with Gasteiger partial charge in [0.1, 0.15) is 13.1 Å². The molecule has 1 amide bonds. The summed E-state index contributed by atoms with van der Waals surface area (Å²) in [4.78, 5) is 68.7. The second-order valence-electron chi connectivity index (χ2n) is 34.2. The fourth-order valence-corrected chi connectivity index (χ4v) is 19.4. The van der Waals surface area contributed by atoms with Gasteiger partial charge in [0, 0.05) is 60.8 Å². The first-order valence-electron chi connectivity index (χ1n) is 45.9. The Kier molecular flexibility index (Phi) is 64.9. The van der Waals surface area contributed by atoms with Crippen LogP contribution in [0.25, 0.3) is 0 Å². The highest BCUT2D eigenvalue weighted by atomic mass is 79.9. The predicted molar refractivity (Wildman–Crippen MR) is 529 cm³/mol. The number of hydrogen-bond acceptors (Lipinski definition) is 8. The standard InChI is InChI=1S/C38H58BrN3O2.C24H40Br2NO.C16H24BrNO.C15H21NO.C8H16Br2.2BrH/c1-7-25-42(8-2,28-33(43)27-34-29(3)21-22-35(39)32(34)6)26-16-12-10-9-11-14-23-41-24-15-13-20-36(41)38(44)40-37-30(4)18-17-19-31(37)5;1-5-16-27(6-2,17-12-10-8-7-9-11-15-25)19-22(28)18-23-20(3)13-14-24(26)21(23)4;1-5-9-18(6-2)11-14(19)10-15-12(3)7-8-16(17)13(15)4;1-11-6-5-7-12(2)13(11)10-15(17)14-8-3-4-9-16-14;9-7-5-3-1-2-4-6-8-10;;/h17-19,21-22,36H,7-16,20,23-28H2,1-6H3;13-14H,5-12,15-19H2,1-4H3;7-8H,5-6,9-11H2,1-4H3;5-7,14,16H,3-4,8-10H2,1-2H3;1-8H2;2*1H/q;+1;;;;;/p-1. The molecule has 2 fully saturated rings. The molecule has 2 saturated heterocycles. The number of hydrogen-bond donors (Lipinski definition) is 2. The zero-order valence-corrected chi connectivity index (χ0v) is 90.1. The first-order chi connectivity index (χ1) is 56.6. The Balaban J connectivity index is 0.000000813. The van der Waals surface area contributed by atoms with E-state index in [-0.39, 0.29) is 52.0 Å². The first-order valence-corrected chi connectivity index (χ1v) is 51.6. The second-order valence-corrected chi connectivity index (χ2v) is 39.1. The second kappa shape index (κ2) is 67.2. The molecular formula is C101H160Br8N6O5. The smallest absolute Gasteiger partial charge is 0.241 e. The number of halogens is 8. The Morgan fingerprint density at radius 2 is 0.817 bits per heavy atom. The highest BCUT2D eigenvalue weighted by molar-refractivity contribution is 9.11. The number of carbonyl (C=O) groups is 5. The van der Waals surface area contributed by atoms with E-state index in [4.69, 9.17) is 0 Å². The summed E-state index contributed by atoms with van der Waals surface area (Å²) in [5.74, 6) is 1.56. The highest BCUT2D eigenvalue weighted by Gasteiger charge is 2.32. The predicted octanol–water partition coefficient (Wildman–Crippen LogP) is 20.6. The van der Waals surface area contributed by atoms with Gasteiger partial charge in [0.2, 0.25) is 5.91 Å². The monoisotopic (exact) mass is 2170 g/mol. The summed E-state index contributed by atoms with van der Waals surface area (Å²) < 4.78 is 5.16. The number of amides is 1. The summed E-state index contributed by atoms with van der Waals surface area (Å²) in [5.41, 5.74) is 17.7. The molecule has 0 saturated carbocycles. The molecule has 680 valence electrons. The Morgan fingerprint density at radius 3 is 1.20 bits per heavy atom. The van der Waals surface area contributed by atoms with Crippen molar-refractivity contribution in [1.29, 1.82) is 0 Å². The van der Waals surface area contributed by atoms with E-state index in [1.807, 2.05) is 12.1 Å². The van der Waals surface area contributed by atoms with Gasteiger partial charge in [0.15, 0.2) is 23.1 Å². The molecule has 5 aromatic carbocycles. The molecule has 2 heterocycles. The molecule has 0 spiro atoms. The van der Waals surface area contributed by atoms with Crippen molar-refractivity contribution in [1.82, 2.24) is 15.1 Å². The molecule has 2 N–H and O–H groups in total. The summed E-state index contributed by atoms with van der Waals surface area (Å²) in [6, 6.07) is 25.0. The number of para-hydroxylation sites is 1. The third kappa shape index (κ3) is 44.3. The van der Waals surface area contributed by atoms with Crippen molar-refractivity contribution in [2.24, 2.45) is 0 Å². The van der Waals surface area contributed by atoms with Crippen LogP contribution in [0.5, 0.6) is 0 Å². The number of quaternary nitrogens is 2. The van der Waals surface area contributed by atoms with Crippen LogP contribution in [0.4, 0.5) is 5.69 Å². The largest absolute Gasteiger partial charge is 1.00 e. The van der Waals surface area contributed by atoms with Crippen molar-refractivity contribution in [2.45, 2.75) is 322 Å². The molecule has 4 unspecified atom stereocenters. The van der Waals surface area contributed by atoms with E-state index in [1.54, 1.807) is 0 Å². The van der Waals surface area contributed by atoms with Crippen molar-refractivity contribution >= 4 is 130 Å². The Bertz CT molecular complexity index is 3670. The minimum absolute atomic E-state index is 0. The summed E-state index contributed by atoms with van der Waals surface area (Å²) >= 11 is 21.2. The number of likely N-dealkylation sites (tertiary alicyclic amines) is 1. The zero-order valence-electron chi connectivity index (χ0n) is 77.4. The lowest BCUT2D eigenvalue weighted by Crippen LogP contribution is -3.00. The quantitative estimate of drug-likeness (QED) is 0.0225. The van der Waals surface area contributed by atoms with Gasteiger partial charge in [-0.25, -0.2) is 0 Å². The maximum absolute atomic E-state index is 13.3. The summed E-state index contributed by atoms with van der Waals surface area (Å²) in [6.45, 7) is 47.5. The molecular weight excluding hydrogens is 2020 g/mol. The van der Waals surface area contributed by atoms with Crippen LogP contribution in [0.3, 0.4) is 0 Å². The Hall–Kier alpha value is -2.11. The van der Waals surface area contributed by atoms with Crippen molar-refractivity contribution in [2.75, 3.05) is 113 Å². The first kappa shape index (κ1) is 116. The molecule has 0 radical (unpaired) electrons. The number of rotatable bonds is 50. The Morgan fingerprint density at radius 1 is 0.433 bits per heavy atom. The lowest BCUT2D eigenvalue weighted by Gasteiger charge is -2.37. The van der Waals surface area contributed by atoms with E-state index in [1.165, 1.54) is 206 Å². The number of anilines is 1. The minimum atomic E-state index is -0.0137. The fraction of sp³-hybridized carbons (Fsp3) is 0.653. The summed E-state index contributed by atoms with van der Waals surface area (Å²) in [7, 11) is 0. The number of nitrogens with one attached hydrogen (secondary N) is 2. The molecule has 7 rings (SSSR count). The normalized spacial score (nSPS) is 14.8. The van der Waals surface area contributed by atoms with Gasteiger partial charge in [-0.05, 0) is 308 Å². The lowest BCUT2D eigenvalue weighted by atomic mass is 9.92. The molecule has 0 aromatic heterocycles. The van der Waals surface area contributed by atoms with E-state index < -0.39 is 0 Å². The van der Waals surface area contributed by atoms with Gasteiger partial charge in [-0.3, -0.25) is 33.8 Å². The molecule has 2 aliphatic heterocycles. The number of benzene rings is 5. The van der Waals surface area contributed by atoms with Gasteiger partial charge < -0.3 is 53.6 Å². The maximum atomic E-state index is 13.3. The molecule has 4 atom stereocenters. The highest BCUT2D eigenvalue weighted by Crippen LogP contribution is 2.30. The van der Waals surface area contributed by atoms with Crippen LogP contribution >= 0.6 is 95.6 Å². The molecule has 0 bridgehead atoms. The van der Waals surface area contributed by atoms with Gasteiger partial charge in [-0.15, -0.1) is 0 Å². The number of carbonyl (C=O) groups excluding carboxylic acids is 5. The van der Waals surface area contributed by atoms with Gasteiger partial charge in [-0.1, -0.05) is 255 Å². The summed E-state index contributed by atoms with van der Waals surface area (Å²) in [5, 5.41) is 10.1. The molecule has 19 heteroatoms. The average molecular weight is 2180 g/mol. The van der Waals surface area contributed by atoms with E-state index >= 15 is 0 Å². The Labute approximate surface area is 803 Å². The number of Topliss-reactive ketones (excluding diaryl/α,β-unsaturated/α-hetero) is 4. The van der Waals surface area contributed by atoms with Gasteiger partial charge in [-0.2, -0.15) is 0 Å². The van der Waals surface area contributed by atoms with Crippen molar-refractivity contribution in [3.63, 3.8) is 0 Å². The maximum Gasteiger partial charge on any atom is 0.241 e. The number of nitrogens with zero attached hydrogens (tertiary/aromatic N) is 4. The fourth-order valence-electron chi connectivity index (χ4n) is 17.1.